The van der Waals surface area contributed by atoms with E-state index in [9.17, 15) is 4.79 Å². The number of carbonyl (C=O) groups excluding carboxylic acids is 1. The van der Waals surface area contributed by atoms with Crippen LogP contribution in [0.25, 0.3) is 0 Å². The molecule has 0 aliphatic carbocycles. The summed E-state index contributed by atoms with van der Waals surface area (Å²) in [5.74, 6) is -0.426. The zero-order chi connectivity index (χ0) is 13.7. The minimum Gasteiger partial charge on any atom is -0.368 e. The predicted molar refractivity (Wildman–Crippen MR) is 76.8 cm³/mol. The molecule has 3 nitrogen and oxygen atoms in total. The van der Waals surface area contributed by atoms with Crippen molar-refractivity contribution in [1.29, 1.82) is 0 Å². The molecule has 3 heteroatoms. The average Bonchev–Trinajstić information content (AvgIpc) is 2.46. The highest BCUT2D eigenvalue weighted by atomic mass is 16.1. The van der Waals surface area contributed by atoms with Crippen LogP contribution in [0.5, 0.6) is 0 Å². The maximum Gasteiger partial charge on any atom is 0.235 e. The standard InChI is InChI=1S/C16H18N2O/c1-18-15(16(17)19)14(12-8-4-2-5-9-12)13-10-6-3-7-11-13/h2-11,14-15,18H,1H3,(H2,17,19)/t15-/m1/s1. The smallest absolute Gasteiger partial charge is 0.235 e. The van der Waals surface area contributed by atoms with Crippen molar-refractivity contribution in [1.82, 2.24) is 5.32 Å². The van der Waals surface area contributed by atoms with Gasteiger partial charge < -0.3 is 11.1 Å². The predicted octanol–water partition coefficient (Wildman–Crippen LogP) is 1.89. The van der Waals surface area contributed by atoms with Crippen molar-refractivity contribution >= 4 is 5.91 Å². The minimum atomic E-state index is -0.426. The molecule has 0 saturated heterocycles. The lowest BCUT2D eigenvalue weighted by atomic mass is 9.85. The second kappa shape index (κ2) is 6.16. The number of hydrogen-bond donors (Lipinski definition) is 2. The van der Waals surface area contributed by atoms with Crippen molar-refractivity contribution in [3.05, 3.63) is 71.8 Å². The van der Waals surface area contributed by atoms with Gasteiger partial charge in [0.1, 0.15) is 0 Å². The molecule has 1 atom stereocenters. The summed E-state index contributed by atoms with van der Waals surface area (Å²) >= 11 is 0. The first-order valence-corrected chi connectivity index (χ1v) is 6.30. The lowest BCUT2D eigenvalue weighted by molar-refractivity contribution is -0.120. The Hall–Kier alpha value is -2.13. The zero-order valence-corrected chi connectivity index (χ0v) is 10.9. The van der Waals surface area contributed by atoms with Gasteiger partial charge in [0.2, 0.25) is 5.91 Å². The van der Waals surface area contributed by atoms with E-state index in [1.807, 2.05) is 60.7 Å². The fourth-order valence-corrected chi connectivity index (χ4v) is 2.37. The van der Waals surface area contributed by atoms with E-state index >= 15 is 0 Å². The van der Waals surface area contributed by atoms with E-state index in [1.54, 1.807) is 7.05 Å². The Morgan fingerprint density at radius 1 is 0.947 bits per heavy atom. The fraction of sp³-hybridized carbons (Fsp3) is 0.188. The number of carbonyl (C=O) groups is 1. The van der Waals surface area contributed by atoms with Gasteiger partial charge in [-0.15, -0.1) is 0 Å². The van der Waals surface area contributed by atoms with Gasteiger partial charge in [0.05, 0.1) is 6.04 Å². The van der Waals surface area contributed by atoms with Crippen molar-refractivity contribution in [3.8, 4) is 0 Å². The molecule has 0 unspecified atom stereocenters. The van der Waals surface area contributed by atoms with Gasteiger partial charge in [-0.3, -0.25) is 4.79 Å². The average molecular weight is 254 g/mol. The Morgan fingerprint density at radius 3 is 1.68 bits per heavy atom. The van der Waals surface area contributed by atoms with E-state index in [4.69, 9.17) is 5.73 Å². The molecule has 0 aliphatic heterocycles. The normalized spacial score (nSPS) is 12.3. The molecule has 2 rings (SSSR count). The van der Waals surface area contributed by atoms with Crippen molar-refractivity contribution < 1.29 is 4.79 Å². The van der Waals surface area contributed by atoms with E-state index in [1.165, 1.54) is 0 Å². The lowest BCUT2D eigenvalue weighted by Gasteiger charge is -2.25. The van der Waals surface area contributed by atoms with Crippen LogP contribution in [-0.4, -0.2) is 19.0 Å². The Kier molecular flexibility index (Phi) is 4.31. The summed E-state index contributed by atoms with van der Waals surface area (Å²) in [6.45, 7) is 0. The largest absolute Gasteiger partial charge is 0.368 e. The second-order valence-electron chi connectivity index (χ2n) is 4.47. The van der Waals surface area contributed by atoms with E-state index in [-0.39, 0.29) is 11.8 Å². The molecule has 0 radical (unpaired) electrons. The van der Waals surface area contributed by atoms with Crippen LogP contribution in [0.2, 0.25) is 0 Å². The topological polar surface area (TPSA) is 55.1 Å². The van der Waals surface area contributed by atoms with Gasteiger partial charge in [0, 0.05) is 5.92 Å². The van der Waals surface area contributed by atoms with E-state index < -0.39 is 6.04 Å². The molecule has 3 N–H and O–H groups in total. The number of likely N-dealkylation sites (N-methyl/N-ethyl adjacent to an activating group) is 1. The van der Waals surface area contributed by atoms with Crippen molar-refractivity contribution in [2.45, 2.75) is 12.0 Å². The molecule has 0 spiro atoms. The highest BCUT2D eigenvalue weighted by Crippen LogP contribution is 2.27. The number of hydrogen-bond acceptors (Lipinski definition) is 2. The third kappa shape index (κ3) is 3.01. The Labute approximate surface area is 113 Å². The molecule has 2 aromatic carbocycles. The second-order valence-corrected chi connectivity index (χ2v) is 4.47. The highest BCUT2D eigenvalue weighted by Gasteiger charge is 2.27. The molecule has 98 valence electrons. The summed E-state index contributed by atoms with van der Waals surface area (Å²) in [4.78, 5) is 11.7. The third-order valence-corrected chi connectivity index (χ3v) is 3.27. The van der Waals surface area contributed by atoms with Crippen LogP contribution in [0.3, 0.4) is 0 Å². The number of amides is 1. The van der Waals surface area contributed by atoms with Crippen LogP contribution in [0.15, 0.2) is 60.7 Å². The number of primary amides is 1. The first-order valence-electron chi connectivity index (χ1n) is 6.30. The van der Waals surface area contributed by atoms with Gasteiger partial charge in [-0.1, -0.05) is 60.7 Å². The molecule has 19 heavy (non-hydrogen) atoms. The summed E-state index contributed by atoms with van der Waals surface area (Å²) in [6.07, 6.45) is 0. The number of benzene rings is 2. The Bertz CT molecular complexity index is 485. The molecule has 0 aliphatic rings. The molecule has 0 aromatic heterocycles. The van der Waals surface area contributed by atoms with E-state index in [0.29, 0.717) is 0 Å². The Morgan fingerprint density at radius 2 is 1.37 bits per heavy atom. The van der Waals surface area contributed by atoms with Crippen LogP contribution in [0, 0.1) is 0 Å². The lowest BCUT2D eigenvalue weighted by Crippen LogP contribution is -2.44. The molecule has 0 heterocycles. The molecular formula is C16H18N2O. The van der Waals surface area contributed by atoms with Crippen molar-refractivity contribution in [3.63, 3.8) is 0 Å². The van der Waals surface area contributed by atoms with Crippen molar-refractivity contribution in [2.75, 3.05) is 7.05 Å². The Balaban J connectivity index is 2.48. The number of nitrogens with two attached hydrogens (primary N) is 1. The molecule has 2 aromatic rings. The minimum absolute atomic E-state index is 0.0788. The van der Waals surface area contributed by atoms with Crippen molar-refractivity contribution in [2.24, 2.45) is 5.73 Å². The molecule has 0 saturated carbocycles. The maximum absolute atomic E-state index is 11.7. The summed E-state index contributed by atoms with van der Waals surface area (Å²) < 4.78 is 0. The summed E-state index contributed by atoms with van der Waals surface area (Å²) in [5.41, 5.74) is 7.67. The monoisotopic (exact) mass is 254 g/mol. The maximum atomic E-state index is 11.7. The van der Waals surface area contributed by atoms with Crippen LogP contribution in [0.1, 0.15) is 17.0 Å². The summed E-state index contributed by atoms with van der Waals surface area (Å²) in [6, 6.07) is 19.5. The summed E-state index contributed by atoms with van der Waals surface area (Å²) in [5, 5.41) is 3.02. The van der Waals surface area contributed by atoms with Gasteiger partial charge in [-0.2, -0.15) is 0 Å². The van der Waals surface area contributed by atoms with Gasteiger partial charge in [-0.25, -0.2) is 0 Å². The molecule has 0 bridgehead atoms. The van der Waals surface area contributed by atoms with E-state index in [2.05, 4.69) is 5.32 Å². The van der Waals surface area contributed by atoms with Crippen LogP contribution >= 0.6 is 0 Å². The first kappa shape index (κ1) is 13.3. The van der Waals surface area contributed by atoms with Gasteiger partial charge in [0.15, 0.2) is 0 Å². The summed E-state index contributed by atoms with van der Waals surface area (Å²) in [7, 11) is 1.76. The van der Waals surface area contributed by atoms with Crippen LogP contribution < -0.4 is 11.1 Å². The fourth-order valence-electron chi connectivity index (χ4n) is 2.37. The SMILES string of the molecule is CN[C@@H](C(N)=O)C(c1ccccc1)c1ccccc1. The zero-order valence-electron chi connectivity index (χ0n) is 10.9. The highest BCUT2D eigenvalue weighted by molar-refractivity contribution is 5.82. The van der Waals surface area contributed by atoms with Crippen LogP contribution in [0.4, 0.5) is 0 Å². The molecular weight excluding hydrogens is 236 g/mol. The quantitative estimate of drug-likeness (QED) is 0.856. The number of rotatable bonds is 5. The van der Waals surface area contributed by atoms with Gasteiger partial charge in [0.25, 0.3) is 0 Å². The van der Waals surface area contributed by atoms with Gasteiger partial charge in [-0.05, 0) is 18.2 Å². The van der Waals surface area contributed by atoms with Gasteiger partial charge >= 0.3 is 0 Å². The molecule has 0 fully saturated rings. The molecule has 1 amide bonds. The number of nitrogens with one attached hydrogen (secondary N) is 1. The van der Waals surface area contributed by atoms with Crippen LogP contribution in [-0.2, 0) is 4.79 Å². The first-order chi connectivity index (χ1) is 9.24. The third-order valence-electron chi connectivity index (χ3n) is 3.27. The van der Waals surface area contributed by atoms with E-state index in [0.717, 1.165) is 11.1 Å².